The Morgan fingerprint density at radius 2 is 2.12 bits per heavy atom. The molecule has 0 aliphatic rings. The monoisotopic (exact) mass is 225 g/mol. The van der Waals surface area contributed by atoms with Crippen LogP contribution >= 0.6 is 0 Å². The summed E-state index contributed by atoms with van der Waals surface area (Å²) in [6.45, 7) is 6.73. The van der Waals surface area contributed by atoms with Crippen molar-refractivity contribution in [3.05, 3.63) is 18.0 Å². The van der Waals surface area contributed by atoms with Gasteiger partial charge in [-0.1, -0.05) is 13.8 Å². The number of aryl methyl sites for hydroxylation is 1. The van der Waals surface area contributed by atoms with Gasteiger partial charge < -0.3 is 10.4 Å². The van der Waals surface area contributed by atoms with Gasteiger partial charge in [-0.15, -0.1) is 0 Å². The molecule has 1 aromatic heterocycles. The van der Waals surface area contributed by atoms with Crippen molar-refractivity contribution in [2.45, 2.75) is 45.3 Å². The van der Waals surface area contributed by atoms with E-state index in [1.807, 2.05) is 31.6 Å². The third kappa shape index (κ3) is 3.06. The largest absolute Gasteiger partial charge is 0.389 e. The van der Waals surface area contributed by atoms with Crippen LogP contribution in [-0.2, 0) is 7.05 Å². The minimum Gasteiger partial charge on any atom is -0.389 e. The summed E-state index contributed by atoms with van der Waals surface area (Å²) in [5, 5.41) is 17.7. The molecule has 0 spiro atoms. The van der Waals surface area contributed by atoms with Crippen LogP contribution in [0.25, 0.3) is 0 Å². The Bertz CT molecular complexity index is 318. The summed E-state index contributed by atoms with van der Waals surface area (Å²) < 4.78 is 1.86. The Labute approximate surface area is 97.7 Å². The van der Waals surface area contributed by atoms with Crippen molar-refractivity contribution in [2.75, 3.05) is 6.54 Å². The SMILES string of the molecule is CCC(O)(CC)CNC(C)c1ccnn1C. The number of hydrogen-bond acceptors (Lipinski definition) is 3. The fourth-order valence-corrected chi connectivity index (χ4v) is 1.76. The third-order valence-electron chi connectivity index (χ3n) is 3.36. The first kappa shape index (κ1) is 13.2. The van der Waals surface area contributed by atoms with Gasteiger partial charge in [-0.05, 0) is 25.8 Å². The summed E-state index contributed by atoms with van der Waals surface area (Å²) in [7, 11) is 1.93. The Kier molecular flexibility index (Phi) is 4.50. The van der Waals surface area contributed by atoms with E-state index in [9.17, 15) is 5.11 Å². The van der Waals surface area contributed by atoms with E-state index in [1.165, 1.54) is 0 Å². The lowest BCUT2D eigenvalue weighted by Gasteiger charge is -2.27. The molecular weight excluding hydrogens is 202 g/mol. The van der Waals surface area contributed by atoms with Gasteiger partial charge in [0.25, 0.3) is 0 Å². The van der Waals surface area contributed by atoms with Crippen molar-refractivity contribution in [1.82, 2.24) is 15.1 Å². The second kappa shape index (κ2) is 5.46. The lowest BCUT2D eigenvalue weighted by molar-refractivity contribution is 0.0301. The van der Waals surface area contributed by atoms with E-state index < -0.39 is 5.60 Å². The van der Waals surface area contributed by atoms with E-state index in [2.05, 4.69) is 17.3 Å². The topological polar surface area (TPSA) is 50.1 Å². The van der Waals surface area contributed by atoms with Crippen LogP contribution in [0.15, 0.2) is 12.3 Å². The molecule has 0 aliphatic heterocycles. The molecule has 0 fully saturated rings. The van der Waals surface area contributed by atoms with Gasteiger partial charge in [-0.3, -0.25) is 4.68 Å². The highest BCUT2D eigenvalue weighted by atomic mass is 16.3. The van der Waals surface area contributed by atoms with E-state index in [4.69, 9.17) is 0 Å². The van der Waals surface area contributed by atoms with Crippen molar-refractivity contribution in [2.24, 2.45) is 7.05 Å². The number of nitrogens with zero attached hydrogens (tertiary/aromatic N) is 2. The second-order valence-electron chi connectivity index (χ2n) is 4.41. The van der Waals surface area contributed by atoms with E-state index >= 15 is 0 Å². The zero-order valence-corrected chi connectivity index (χ0v) is 10.7. The van der Waals surface area contributed by atoms with Crippen LogP contribution in [-0.4, -0.2) is 27.0 Å². The number of aromatic nitrogens is 2. The van der Waals surface area contributed by atoms with Gasteiger partial charge in [0.05, 0.1) is 11.3 Å². The highest BCUT2D eigenvalue weighted by molar-refractivity contribution is 5.05. The Hall–Kier alpha value is -0.870. The normalized spacial score (nSPS) is 14.1. The Morgan fingerprint density at radius 1 is 1.50 bits per heavy atom. The van der Waals surface area contributed by atoms with Crippen molar-refractivity contribution >= 4 is 0 Å². The van der Waals surface area contributed by atoms with Crippen molar-refractivity contribution < 1.29 is 5.11 Å². The standard InChI is InChI=1S/C12H23N3O/c1-5-12(16,6-2)9-13-10(3)11-7-8-14-15(11)4/h7-8,10,13,16H,5-6,9H2,1-4H3. The summed E-state index contributed by atoms with van der Waals surface area (Å²) in [5.74, 6) is 0. The van der Waals surface area contributed by atoms with Crippen LogP contribution in [0.5, 0.6) is 0 Å². The molecule has 0 radical (unpaired) electrons. The molecule has 0 bridgehead atoms. The zero-order valence-electron chi connectivity index (χ0n) is 10.7. The summed E-state index contributed by atoms with van der Waals surface area (Å²) >= 11 is 0. The van der Waals surface area contributed by atoms with Crippen molar-refractivity contribution in [1.29, 1.82) is 0 Å². The van der Waals surface area contributed by atoms with Crippen LogP contribution < -0.4 is 5.32 Å². The summed E-state index contributed by atoms with van der Waals surface area (Å²) in [5.41, 5.74) is 0.543. The molecule has 16 heavy (non-hydrogen) atoms. The molecule has 0 aliphatic carbocycles. The fraction of sp³-hybridized carbons (Fsp3) is 0.750. The smallest absolute Gasteiger partial charge is 0.0766 e. The van der Waals surface area contributed by atoms with Gasteiger partial charge in [0, 0.05) is 25.8 Å². The zero-order chi connectivity index (χ0) is 12.2. The highest BCUT2D eigenvalue weighted by Crippen LogP contribution is 2.16. The van der Waals surface area contributed by atoms with Gasteiger partial charge in [0.2, 0.25) is 0 Å². The van der Waals surface area contributed by atoms with Gasteiger partial charge >= 0.3 is 0 Å². The molecule has 92 valence electrons. The molecule has 0 aromatic carbocycles. The number of aliphatic hydroxyl groups is 1. The summed E-state index contributed by atoms with van der Waals surface area (Å²) in [4.78, 5) is 0. The van der Waals surface area contributed by atoms with Crippen LogP contribution in [0.4, 0.5) is 0 Å². The van der Waals surface area contributed by atoms with Gasteiger partial charge in [-0.25, -0.2) is 0 Å². The quantitative estimate of drug-likeness (QED) is 0.773. The van der Waals surface area contributed by atoms with E-state index in [0.717, 1.165) is 18.5 Å². The molecule has 1 heterocycles. The minimum absolute atomic E-state index is 0.206. The molecule has 0 amide bonds. The first-order valence-corrected chi connectivity index (χ1v) is 5.96. The maximum Gasteiger partial charge on any atom is 0.0766 e. The highest BCUT2D eigenvalue weighted by Gasteiger charge is 2.23. The van der Waals surface area contributed by atoms with Crippen LogP contribution in [0.1, 0.15) is 45.3 Å². The fourth-order valence-electron chi connectivity index (χ4n) is 1.76. The van der Waals surface area contributed by atoms with E-state index in [-0.39, 0.29) is 6.04 Å². The molecular formula is C12H23N3O. The predicted octanol–water partition coefficient (Wildman–Crippen LogP) is 1.62. The average molecular weight is 225 g/mol. The van der Waals surface area contributed by atoms with Crippen LogP contribution in [0.2, 0.25) is 0 Å². The molecule has 1 unspecified atom stereocenters. The maximum atomic E-state index is 10.2. The molecule has 1 rings (SSSR count). The van der Waals surface area contributed by atoms with E-state index in [1.54, 1.807) is 6.20 Å². The molecule has 1 aromatic rings. The molecule has 2 N–H and O–H groups in total. The number of rotatable bonds is 6. The average Bonchev–Trinajstić information content (AvgIpc) is 2.72. The molecule has 0 saturated heterocycles. The predicted molar refractivity (Wildman–Crippen MR) is 65.2 cm³/mol. The van der Waals surface area contributed by atoms with Crippen LogP contribution in [0.3, 0.4) is 0 Å². The summed E-state index contributed by atoms with van der Waals surface area (Å²) in [6, 6.07) is 2.20. The lowest BCUT2D eigenvalue weighted by atomic mass is 9.97. The maximum absolute atomic E-state index is 10.2. The molecule has 1 atom stereocenters. The Morgan fingerprint density at radius 3 is 2.56 bits per heavy atom. The van der Waals surface area contributed by atoms with Gasteiger partial charge in [0.15, 0.2) is 0 Å². The third-order valence-corrected chi connectivity index (χ3v) is 3.36. The van der Waals surface area contributed by atoms with E-state index in [0.29, 0.717) is 6.54 Å². The summed E-state index contributed by atoms with van der Waals surface area (Å²) in [6.07, 6.45) is 3.34. The van der Waals surface area contributed by atoms with Gasteiger partial charge in [-0.2, -0.15) is 5.10 Å². The van der Waals surface area contributed by atoms with Crippen molar-refractivity contribution in [3.63, 3.8) is 0 Å². The Balaban J connectivity index is 2.53. The minimum atomic E-state index is -0.590. The molecule has 4 heteroatoms. The lowest BCUT2D eigenvalue weighted by Crippen LogP contribution is -2.40. The second-order valence-corrected chi connectivity index (χ2v) is 4.41. The van der Waals surface area contributed by atoms with Gasteiger partial charge in [0.1, 0.15) is 0 Å². The van der Waals surface area contributed by atoms with Crippen LogP contribution in [0, 0.1) is 0 Å². The number of hydrogen-bond donors (Lipinski definition) is 2. The molecule has 0 saturated carbocycles. The van der Waals surface area contributed by atoms with Crippen molar-refractivity contribution in [3.8, 4) is 0 Å². The number of nitrogens with one attached hydrogen (secondary N) is 1. The first-order chi connectivity index (χ1) is 7.52. The first-order valence-electron chi connectivity index (χ1n) is 5.96. The molecule has 4 nitrogen and oxygen atoms in total.